The minimum Gasteiger partial charge on any atom is -0.337 e. The van der Waals surface area contributed by atoms with Crippen LogP contribution in [0.3, 0.4) is 0 Å². The molecule has 0 aliphatic rings. The summed E-state index contributed by atoms with van der Waals surface area (Å²) >= 11 is 3.12. The minimum absolute atomic E-state index is 0.0729. The van der Waals surface area contributed by atoms with E-state index in [0.717, 1.165) is 0 Å². The summed E-state index contributed by atoms with van der Waals surface area (Å²) in [6.07, 6.45) is -2.90. The van der Waals surface area contributed by atoms with Gasteiger partial charge in [0.05, 0.1) is 6.20 Å². The third-order valence-corrected chi connectivity index (χ3v) is 1.87. The first-order chi connectivity index (χ1) is 5.97. The Balaban J connectivity index is 2.28. The molecule has 1 aromatic rings. The zero-order chi connectivity index (χ0) is 9.90. The number of aryl methyl sites for hydroxylation is 1. The van der Waals surface area contributed by atoms with Gasteiger partial charge in [-0.1, -0.05) is 0 Å². The van der Waals surface area contributed by atoms with E-state index in [1.165, 1.54) is 6.20 Å². The molecule has 74 valence electrons. The summed E-state index contributed by atoms with van der Waals surface area (Å²) in [4.78, 5) is 6.67. The standard InChI is InChI=1S/C7H8BrF3N2/c8-5-4-12-6(13-5)2-1-3-7(9,10)11/h4H,1-3H2,(H,12,13). The number of H-pyrrole nitrogens is 1. The number of halogens is 4. The van der Waals surface area contributed by atoms with Crippen LogP contribution < -0.4 is 0 Å². The van der Waals surface area contributed by atoms with Gasteiger partial charge in [-0.25, -0.2) is 4.98 Å². The van der Waals surface area contributed by atoms with Crippen molar-refractivity contribution in [3.05, 3.63) is 16.6 Å². The molecule has 0 aromatic carbocycles. The van der Waals surface area contributed by atoms with Gasteiger partial charge >= 0.3 is 6.18 Å². The number of aromatic nitrogens is 2. The van der Waals surface area contributed by atoms with Gasteiger partial charge in [0.15, 0.2) is 0 Å². The van der Waals surface area contributed by atoms with Gasteiger partial charge in [0, 0.05) is 12.8 Å². The van der Waals surface area contributed by atoms with Crippen molar-refractivity contribution in [1.29, 1.82) is 0 Å². The van der Waals surface area contributed by atoms with E-state index in [1.807, 2.05) is 0 Å². The lowest BCUT2D eigenvalue weighted by atomic mass is 10.2. The molecule has 0 bridgehead atoms. The largest absolute Gasteiger partial charge is 0.389 e. The molecule has 2 nitrogen and oxygen atoms in total. The van der Waals surface area contributed by atoms with Gasteiger partial charge in [0.2, 0.25) is 0 Å². The molecule has 0 radical (unpaired) electrons. The van der Waals surface area contributed by atoms with Crippen molar-refractivity contribution in [2.24, 2.45) is 0 Å². The fourth-order valence-electron chi connectivity index (χ4n) is 0.920. The van der Waals surface area contributed by atoms with Gasteiger partial charge in [0.25, 0.3) is 0 Å². The fraction of sp³-hybridized carbons (Fsp3) is 0.571. The van der Waals surface area contributed by atoms with Crippen LogP contribution in [0.5, 0.6) is 0 Å². The third-order valence-electron chi connectivity index (χ3n) is 1.47. The number of alkyl halides is 3. The molecule has 6 heteroatoms. The topological polar surface area (TPSA) is 28.7 Å². The lowest BCUT2D eigenvalue weighted by Gasteiger charge is -2.03. The average molecular weight is 257 g/mol. The van der Waals surface area contributed by atoms with Gasteiger partial charge in [-0.15, -0.1) is 0 Å². The van der Waals surface area contributed by atoms with E-state index in [9.17, 15) is 13.2 Å². The van der Waals surface area contributed by atoms with E-state index in [2.05, 4.69) is 25.9 Å². The van der Waals surface area contributed by atoms with Gasteiger partial charge in [-0.05, 0) is 22.4 Å². The van der Waals surface area contributed by atoms with Crippen LogP contribution in [0, 0.1) is 0 Å². The van der Waals surface area contributed by atoms with Crippen LogP contribution in [0.15, 0.2) is 10.8 Å². The summed E-state index contributed by atoms with van der Waals surface area (Å²) in [6.45, 7) is 0. The van der Waals surface area contributed by atoms with Crippen LogP contribution in [-0.2, 0) is 6.42 Å². The van der Waals surface area contributed by atoms with Crippen LogP contribution in [0.4, 0.5) is 13.2 Å². The van der Waals surface area contributed by atoms with Crippen LogP contribution in [-0.4, -0.2) is 16.1 Å². The van der Waals surface area contributed by atoms with Crippen molar-refractivity contribution in [2.45, 2.75) is 25.4 Å². The molecule has 0 unspecified atom stereocenters. The maximum Gasteiger partial charge on any atom is 0.389 e. The first kappa shape index (κ1) is 10.6. The molecule has 1 heterocycles. The molecule has 0 fully saturated rings. The maximum absolute atomic E-state index is 11.7. The highest BCUT2D eigenvalue weighted by molar-refractivity contribution is 9.10. The highest BCUT2D eigenvalue weighted by Crippen LogP contribution is 2.22. The van der Waals surface area contributed by atoms with Crippen molar-refractivity contribution in [3.63, 3.8) is 0 Å². The average Bonchev–Trinajstić information content (AvgIpc) is 2.33. The van der Waals surface area contributed by atoms with E-state index in [-0.39, 0.29) is 6.42 Å². The molecular weight excluding hydrogens is 249 g/mol. The predicted octanol–water partition coefficient (Wildman–Crippen LogP) is 3.06. The highest BCUT2D eigenvalue weighted by Gasteiger charge is 2.26. The Morgan fingerprint density at radius 3 is 2.62 bits per heavy atom. The maximum atomic E-state index is 11.7. The van der Waals surface area contributed by atoms with Gasteiger partial charge in [-0.2, -0.15) is 13.2 Å². The molecule has 0 aliphatic heterocycles. The SMILES string of the molecule is FC(F)(F)CCCc1ncc(Br)[nH]1. The Kier molecular flexibility index (Phi) is 3.35. The number of imidazole rings is 1. The van der Waals surface area contributed by atoms with Crippen molar-refractivity contribution in [1.82, 2.24) is 9.97 Å². The van der Waals surface area contributed by atoms with Gasteiger partial charge < -0.3 is 4.98 Å². The van der Waals surface area contributed by atoms with E-state index in [4.69, 9.17) is 0 Å². The first-order valence-corrected chi connectivity index (χ1v) is 4.53. The van der Waals surface area contributed by atoms with Crippen molar-refractivity contribution in [2.75, 3.05) is 0 Å². The molecule has 0 saturated heterocycles. The number of hydrogen-bond acceptors (Lipinski definition) is 1. The number of aromatic amines is 1. The van der Waals surface area contributed by atoms with Crippen molar-refractivity contribution < 1.29 is 13.2 Å². The summed E-state index contributed by atoms with van der Waals surface area (Å²) in [6, 6.07) is 0. The zero-order valence-electron chi connectivity index (χ0n) is 6.66. The molecule has 0 spiro atoms. The van der Waals surface area contributed by atoms with E-state index < -0.39 is 12.6 Å². The third kappa shape index (κ3) is 4.31. The second-order valence-electron chi connectivity index (χ2n) is 2.65. The monoisotopic (exact) mass is 256 g/mol. The van der Waals surface area contributed by atoms with Crippen molar-refractivity contribution in [3.8, 4) is 0 Å². The number of nitrogens with zero attached hydrogens (tertiary/aromatic N) is 1. The Morgan fingerprint density at radius 1 is 1.46 bits per heavy atom. The molecule has 13 heavy (non-hydrogen) atoms. The smallest absolute Gasteiger partial charge is 0.337 e. The summed E-state index contributed by atoms with van der Waals surface area (Å²) < 4.78 is 35.9. The lowest BCUT2D eigenvalue weighted by molar-refractivity contribution is -0.135. The predicted molar refractivity (Wildman–Crippen MR) is 45.3 cm³/mol. The fourth-order valence-corrected chi connectivity index (χ4v) is 1.25. The number of rotatable bonds is 3. The molecular formula is C7H8BrF3N2. The molecule has 1 aromatic heterocycles. The Morgan fingerprint density at radius 2 is 2.15 bits per heavy atom. The first-order valence-electron chi connectivity index (χ1n) is 3.73. The van der Waals surface area contributed by atoms with E-state index >= 15 is 0 Å². The molecule has 0 amide bonds. The second kappa shape index (κ2) is 4.13. The summed E-state index contributed by atoms with van der Waals surface area (Å²) in [5.41, 5.74) is 0. The minimum atomic E-state index is -4.07. The summed E-state index contributed by atoms with van der Waals surface area (Å²) in [5, 5.41) is 0. The van der Waals surface area contributed by atoms with E-state index in [0.29, 0.717) is 16.8 Å². The Labute approximate surface area is 81.7 Å². The van der Waals surface area contributed by atoms with Crippen LogP contribution >= 0.6 is 15.9 Å². The summed E-state index contributed by atoms with van der Waals surface area (Å²) in [5.74, 6) is 0.580. The Bertz CT molecular complexity index is 269. The van der Waals surface area contributed by atoms with Crippen LogP contribution in [0.2, 0.25) is 0 Å². The van der Waals surface area contributed by atoms with E-state index in [1.54, 1.807) is 0 Å². The zero-order valence-corrected chi connectivity index (χ0v) is 8.24. The Hall–Kier alpha value is -0.520. The normalized spacial score (nSPS) is 12.0. The molecule has 1 rings (SSSR count). The molecule has 1 N–H and O–H groups in total. The van der Waals surface area contributed by atoms with Gasteiger partial charge in [0.1, 0.15) is 10.4 Å². The van der Waals surface area contributed by atoms with Gasteiger partial charge in [-0.3, -0.25) is 0 Å². The second-order valence-corrected chi connectivity index (χ2v) is 3.50. The lowest BCUT2D eigenvalue weighted by Crippen LogP contribution is -2.07. The highest BCUT2D eigenvalue weighted by atomic mass is 79.9. The van der Waals surface area contributed by atoms with Crippen LogP contribution in [0.25, 0.3) is 0 Å². The number of hydrogen-bond donors (Lipinski definition) is 1. The van der Waals surface area contributed by atoms with Crippen LogP contribution in [0.1, 0.15) is 18.7 Å². The summed E-state index contributed by atoms with van der Waals surface area (Å²) in [7, 11) is 0. The quantitative estimate of drug-likeness (QED) is 0.885. The number of nitrogens with one attached hydrogen (secondary N) is 1. The van der Waals surface area contributed by atoms with Crippen molar-refractivity contribution >= 4 is 15.9 Å². The molecule has 0 atom stereocenters. The molecule has 0 saturated carbocycles. The molecule has 0 aliphatic carbocycles.